The second kappa shape index (κ2) is 3.88. The fourth-order valence-corrected chi connectivity index (χ4v) is 2.26. The highest BCUT2D eigenvalue weighted by atomic mass is 16.1. The molecule has 0 saturated heterocycles. The van der Waals surface area contributed by atoms with Gasteiger partial charge in [-0.3, -0.25) is 0 Å². The highest BCUT2D eigenvalue weighted by Crippen LogP contribution is 2.27. The summed E-state index contributed by atoms with van der Waals surface area (Å²) in [5.41, 5.74) is 6.40. The van der Waals surface area contributed by atoms with Gasteiger partial charge in [0.15, 0.2) is 0 Å². The van der Waals surface area contributed by atoms with Crippen LogP contribution in [0.1, 0.15) is 11.1 Å². The van der Waals surface area contributed by atoms with Gasteiger partial charge in [0.05, 0.1) is 11.0 Å². The predicted molar refractivity (Wildman–Crippen MR) is 73.8 cm³/mol. The molecule has 2 aromatic carbocycles. The van der Waals surface area contributed by atoms with Gasteiger partial charge < -0.3 is 9.97 Å². The van der Waals surface area contributed by atoms with E-state index in [0.717, 1.165) is 16.6 Å². The zero-order chi connectivity index (χ0) is 12.7. The Balaban J connectivity index is 2.25. The quantitative estimate of drug-likeness (QED) is 0.672. The molecule has 0 aliphatic rings. The predicted octanol–water partition coefficient (Wildman–Crippen LogP) is 3.14. The fourth-order valence-electron chi connectivity index (χ4n) is 2.26. The molecule has 0 atom stereocenters. The molecule has 1 aromatic heterocycles. The SMILES string of the molecule is Cc1cccc(-c2ccc3[nH]c(=O)[nH]c3c2)c1C. The van der Waals surface area contributed by atoms with E-state index in [9.17, 15) is 4.79 Å². The van der Waals surface area contributed by atoms with Crippen LogP contribution in [0.15, 0.2) is 41.2 Å². The lowest BCUT2D eigenvalue weighted by Crippen LogP contribution is -1.99. The van der Waals surface area contributed by atoms with Crippen molar-refractivity contribution in [2.45, 2.75) is 13.8 Å². The Kier molecular flexibility index (Phi) is 2.33. The number of aromatic amines is 2. The first-order chi connectivity index (χ1) is 8.65. The Morgan fingerprint density at radius 1 is 0.944 bits per heavy atom. The van der Waals surface area contributed by atoms with Crippen molar-refractivity contribution in [1.82, 2.24) is 9.97 Å². The number of fused-ring (bicyclic) bond motifs is 1. The smallest absolute Gasteiger partial charge is 0.306 e. The molecule has 0 fully saturated rings. The average molecular weight is 238 g/mol. The third-order valence-electron chi connectivity index (χ3n) is 3.43. The van der Waals surface area contributed by atoms with Gasteiger partial charge in [0.1, 0.15) is 0 Å². The van der Waals surface area contributed by atoms with Crippen molar-refractivity contribution in [1.29, 1.82) is 0 Å². The normalized spacial score (nSPS) is 11.0. The Hall–Kier alpha value is -2.29. The molecule has 18 heavy (non-hydrogen) atoms. The molecule has 0 bridgehead atoms. The van der Waals surface area contributed by atoms with Crippen molar-refractivity contribution in [2.24, 2.45) is 0 Å². The highest BCUT2D eigenvalue weighted by Gasteiger charge is 2.05. The maximum absolute atomic E-state index is 11.2. The maximum atomic E-state index is 11.2. The molecule has 3 heteroatoms. The lowest BCUT2D eigenvalue weighted by atomic mass is 9.97. The van der Waals surface area contributed by atoms with E-state index in [4.69, 9.17) is 0 Å². The zero-order valence-corrected chi connectivity index (χ0v) is 10.4. The lowest BCUT2D eigenvalue weighted by Gasteiger charge is -2.08. The number of aromatic nitrogens is 2. The van der Waals surface area contributed by atoms with E-state index in [1.807, 2.05) is 18.2 Å². The van der Waals surface area contributed by atoms with Crippen molar-refractivity contribution in [2.75, 3.05) is 0 Å². The minimum absolute atomic E-state index is 0.164. The van der Waals surface area contributed by atoms with Gasteiger partial charge in [0.2, 0.25) is 0 Å². The molecule has 1 heterocycles. The molecule has 0 aliphatic carbocycles. The highest BCUT2D eigenvalue weighted by molar-refractivity contribution is 5.82. The molecule has 0 spiro atoms. The van der Waals surface area contributed by atoms with E-state index in [1.165, 1.54) is 16.7 Å². The summed E-state index contributed by atoms with van der Waals surface area (Å²) in [6, 6.07) is 12.2. The third-order valence-corrected chi connectivity index (χ3v) is 3.43. The van der Waals surface area contributed by atoms with Crippen LogP contribution >= 0.6 is 0 Å². The molecule has 90 valence electrons. The summed E-state index contributed by atoms with van der Waals surface area (Å²) in [7, 11) is 0. The second-order valence-corrected chi connectivity index (χ2v) is 4.59. The molecule has 0 unspecified atom stereocenters. The number of hydrogen-bond acceptors (Lipinski definition) is 1. The molecule has 0 aliphatic heterocycles. The standard InChI is InChI=1S/C15H14N2O/c1-9-4-3-5-12(10(9)2)11-6-7-13-14(8-11)17-15(18)16-13/h3-8H,1-2H3,(H2,16,17,18). The first-order valence-electron chi connectivity index (χ1n) is 5.94. The van der Waals surface area contributed by atoms with Gasteiger partial charge in [-0.25, -0.2) is 4.79 Å². The Labute approximate surface area is 104 Å². The Bertz CT molecular complexity index is 781. The fraction of sp³-hybridized carbons (Fsp3) is 0.133. The van der Waals surface area contributed by atoms with Gasteiger partial charge in [-0.15, -0.1) is 0 Å². The van der Waals surface area contributed by atoms with Gasteiger partial charge in [0, 0.05) is 0 Å². The molecule has 2 N–H and O–H groups in total. The van der Waals surface area contributed by atoms with Crippen molar-refractivity contribution in [3.63, 3.8) is 0 Å². The molecule has 0 amide bonds. The summed E-state index contributed by atoms with van der Waals surface area (Å²) in [6.45, 7) is 4.23. The lowest BCUT2D eigenvalue weighted by molar-refractivity contribution is 1.22. The van der Waals surface area contributed by atoms with Crippen molar-refractivity contribution in [3.05, 3.63) is 58.0 Å². The Morgan fingerprint density at radius 3 is 2.56 bits per heavy atom. The molecule has 3 aromatic rings. The Morgan fingerprint density at radius 2 is 1.72 bits per heavy atom. The van der Waals surface area contributed by atoms with E-state index >= 15 is 0 Å². The number of hydrogen-bond donors (Lipinski definition) is 2. The van der Waals surface area contributed by atoms with Crippen molar-refractivity contribution < 1.29 is 0 Å². The number of benzene rings is 2. The molecular weight excluding hydrogens is 224 g/mol. The molecule has 0 saturated carbocycles. The summed E-state index contributed by atoms with van der Waals surface area (Å²) in [5.74, 6) is 0. The third kappa shape index (κ3) is 1.64. The zero-order valence-electron chi connectivity index (χ0n) is 10.4. The van der Waals surface area contributed by atoms with Crippen LogP contribution in [0.5, 0.6) is 0 Å². The summed E-state index contributed by atoms with van der Waals surface area (Å²) in [6.07, 6.45) is 0. The minimum atomic E-state index is -0.164. The maximum Gasteiger partial charge on any atom is 0.323 e. The number of H-pyrrole nitrogens is 2. The topological polar surface area (TPSA) is 48.6 Å². The number of aryl methyl sites for hydroxylation is 1. The van der Waals surface area contributed by atoms with Crippen LogP contribution in [0.4, 0.5) is 0 Å². The van der Waals surface area contributed by atoms with Gasteiger partial charge >= 0.3 is 5.69 Å². The van der Waals surface area contributed by atoms with Crippen LogP contribution < -0.4 is 5.69 Å². The summed E-state index contributed by atoms with van der Waals surface area (Å²) >= 11 is 0. The number of rotatable bonds is 1. The monoisotopic (exact) mass is 238 g/mol. The van der Waals surface area contributed by atoms with Crippen molar-refractivity contribution in [3.8, 4) is 11.1 Å². The van der Waals surface area contributed by atoms with Crippen molar-refractivity contribution >= 4 is 11.0 Å². The molecule has 0 radical (unpaired) electrons. The number of nitrogens with one attached hydrogen (secondary N) is 2. The van der Waals surface area contributed by atoms with Crippen LogP contribution in [0.2, 0.25) is 0 Å². The summed E-state index contributed by atoms with van der Waals surface area (Å²) in [5, 5.41) is 0. The van der Waals surface area contributed by atoms with Gasteiger partial charge in [-0.05, 0) is 48.2 Å². The molecular formula is C15H14N2O. The summed E-state index contributed by atoms with van der Waals surface area (Å²) < 4.78 is 0. The first-order valence-corrected chi connectivity index (χ1v) is 5.94. The largest absolute Gasteiger partial charge is 0.323 e. The second-order valence-electron chi connectivity index (χ2n) is 4.59. The van der Waals surface area contributed by atoms with Crippen LogP contribution in [-0.4, -0.2) is 9.97 Å². The van der Waals surface area contributed by atoms with Crippen LogP contribution in [0.3, 0.4) is 0 Å². The van der Waals surface area contributed by atoms with Crippen LogP contribution in [0, 0.1) is 13.8 Å². The number of imidazole rings is 1. The molecule has 3 rings (SSSR count). The van der Waals surface area contributed by atoms with Crippen LogP contribution in [-0.2, 0) is 0 Å². The van der Waals surface area contributed by atoms with E-state index in [0.29, 0.717) is 0 Å². The van der Waals surface area contributed by atoms with E-state index in [-0.39, 0.29) is 5.69 Å². The van der Waals surface area contributed by atoms with Gasteiger partial charge in [0.25, 0.3) is 0 Å². The minimum Gasteiger partial charge on any atom is -0.306 e. The average Bonchev–Trinajstić information content (AvgIpc) is 2.71. The van der Waals surface area contributed by atoms with Gasteiger partial charge in [-0.1, -0.05) is 24.3 Å². The summed E-state index contributed by atoms with van der Waals surface area (Å²) in [4.78, 5) is 16.8. The van der Waals surface area contributed by atoms with Gasteiger partial charge in [-0.2, -0.15) is 0 Å². The van der Waals surface area contributed by atoms with E-state index < -0.39 is 0 Å². The molecule has 3 nitrogen and oxygen atoms in total. The van der Waals surface area contributed by atoms with E-state index in [2.05, 4.69) is 42.0 Å². The first kappa shape index (κ1) is 10.8. The van der Waals surface area contributed by atoms with E-state index in [1.54, 1.807) is 0 Å². The van der Waals surface area contributed by atoms with Crippen LogP contribution in [0.25, 0.3) is 22.2 Å².